The minimum atomic E-state index is -0.330. The third kappa shape index (κ3) is 2.36. The summed E-state index contributed by atoms with van der Waals surface area (Å²) in [5.74, 6) is -0.0540. The van der Waals surface area contributed by atoms with E-state index in [-0.39, 0.29) is 22.9 Å². The molecule has 0 radical (unpaired) electrons. The number of methoxy groups -OCH3 is 2. The zero-order chi connectivity index (χ0) is 13.1. The molecule has 0 aliphatic heterocycles. The van der Waals surface area contributed by atoms with E-state index in [1.54, 1.807) is 12.1 Å². The zero-order valence-electron chi connectivity index (χ0n) is 9.78. The molecule has 94 valence electrons. The van der Waals surface area contributed by atoms with Crippen molar-refractivity contribution in [1.82, 2.24) is 9.97 Å². The van der Waals surface area contributed by atoms with Crippen molar-refractivity contribution >= 4 is 11.6 Å². The molecular weight excluding hydrogens is 259 g/mol. The number of aromatic nitrogens is 2. The molecule has 1 heterocycles. The lowest BCUT2D eigenvalue weighted by atomic mass is 10.1. The summed E-state index contributed by atoms with van der Waals surface area (Å²) in [6, 6.07) is 5.93. The topological polar surface area (TPSA) is 44.2 Å². The first-order chi connectivity index (χ1) is 8.65. The van der Waals surface area contributed by atoms with E-state index >= 15 is 0 Å². The van der Waals surface area contributed by atoms with E-state index in [1.165, 1.54) is 26.4 Å². The first kappa shape index (κ1) is 12.6. The Bertz CT molecular complexity index is 561. The summed E-state index contributed by atoms with van der Waals surface area (Å²) < 4.78 is 22.9. The maximum atomic E-state index is 12.9. The van der Waals surface area contributed by atoms with Gasteiger partial charge in [0.05, 0.1) is 19.8 Å². The quantitative estimate of drug-likeness (QED) is 0.803. The first-order valence-electron chi connectivity index (χ1n) is 5.07. The van der Waals surface area contributed by atoms with Crippen LogP contribution < -0.4 is 9.47 Å². The van der Waals surface area contributed by atoms with Crippen LogP contribution in [-0.2, 0) is 0 Å². The van der Waals surface area contributed by atoms with Gasteiger partial charge in [0.15, 0.2) is 0 Å². The normalized spacial score (nSPS) is 10.2. The molecule has 1 aromatic heterocycles. The van der Waals surface area contributed by atoms with Crippen LogP contribution in [0.2, 0.25) is 5.15 Å². The Balaban J connectivity index is 2.59. The van der Waals surface area contributed by atoms with Crippen LogP contribution in [0.25, 0.3) is 11.1 Å². The highest BCUT2D eigenvalue weighted by Gasteiger charge is 2.16. The Morgan fingerprint density at radius 2 is 1.72 bits per heavy atom. The number of rotatable bonds is 3. The third-order valence-electron chi connectivity index (χ3n) is 2.32. The number of hydrogen-bond donors (Lipinski definition) is 0. The molecule has 0 N–H and O–H groups in total. The van der Waals surface area contributed by atoms with Gasteiger partial charge in [-0.05, 0) is 17.7 Å². The van der Waals surface area contributed by atoms with E-state index in [0.717, 1.165) is 0 Å². The van der Waals surface area contributed by atoms with Crippen LogP contribution in [0.15, 0.2) is 24.3 Å². The van der Waals surface area contributed by atoms with Crippen molar-refractivity contribution < 1.29 is 13.9 Å². The van der Waals surface area contributed by atoms with Gasteiger partial charge >= 0.3 is 6.01 Å². The van der Waals surface area contributed by atoms with Crippen molar-refractivity contribution in [2.75, 3.05) is 14.2 Å². The lowest BCUT2D eigenvalue weighted by molar-refractivity contribution is 0.353. The number of halogens is 2. The molecule has 4 nitrogen and oxygen atoms in total. The van der Waals surface area contributed by atoms with Crippen LogP contribution in [0, 0.1) is 5.82 Å². The van der Waals surface area contributed by atoms with E-state index < -0.39 is 0 Å². The highest BCUT2D eigenvalue weighted by atomic mass is 35.5. The summed E-state index contributed by atoms with van der Waals surface area (Å²) >= 11 is 6.06. The maximum absolute atomic E-state index is 12.9. The second-order valence-corrected chi connectivity index (χ2v) is 3.75. The molecule has 0 atom stereocenters. The van der Waals surface area contributed by atoms with Crippen LogP contribution in [-0.4, -0.2) is 24.2 Å². The molecule has 0 unspecified atom stereocenters. The van der Waals surface area contributed by atoms with Crippen LogP contribution >= 0.6 is 11.6 Å². The molecule has 0 bridgehead atoms. The van der Waals surface area contributed by atoms with E-state index in [2.05, 4.69) is 9.97 Å². The average molecular weight is 269 g/mol. The van der Waals surface area contributed by atoms with Gasteiger partial charge in [-0.3, -0.25) is 0 Å². The SMILES string of the molecule is COc1nc(Cl)c(-c2ccc(F)cc2)c(OC)n1. The summed E-state index contributed by atoms with van der Waals surface area (Å²) in [5.41, 5.74) is 1.17. The molecule has 0 spiro atoms. The van der Waals surface area contributed by atoms with Crippen LogP contribution in [0.3, 0.4) is 0 Å². The minimum Gasteiger partial charge on any atom is -0.480 e. The van der Waals surface area contributed by atoms with Crippen molar-refractivity contribution in [2.45, 2.75) is 0 Å². The molecule has 1 aromatic carbocycles. The maximum Gasteiger partial charge on any atom is 0.320 e. The lowest BCUT2D eigenvalue weighted by Gasteiger charge is -2.10. The van der Waals surface area contributed by atoms with Gasteiger partial charge < -0.3 is 9.47 Å². The van der Waals surface area contributed by atoms with Crippen LogP contribution in [0.4, 0.5) is 4.39 Å². The number of nitrogens with zero attached hydrogens (tertiary/aromatic N) is 2. The van der Waals surface area contributed by atoms with Crippen molar-refractivity contribution in [2.24, 2.45) is 0 Å². The Morgan fingerprint density at radius 1 is 1.06 bits per heavy atom. The monoisotopic (exact) mass is 268 g/mol. The Labute approximate surface area is 108 Å². The molecule has 2 aromatic rings. The summed E-state index contributed by atoms with van der Waals surface area (Å²) in [5, 5.41) is 0.185. The predicted molar refractivity (Wildman–Crippen MR) is 65.5 cm³/mol. The molecule has 6 heteroatoms. The summed E-state index contributed by atoms with van der Waals surface area (Å²) in [4.78, 5) is 7.99. The van der Waals surface area contributed by atoms with Crippen LogP contribution in [0.5, 0.6) is 11.9 Å². The second kappa shape index (κ2) is 5.18. The largest absolute Gasteiger partial charge is 0.480 e. The Kier molecular flexibility index (Phi) is 3.62. The van der Waals surface area contributed by atoms with Crippen molar-refractivity contribution in [3.63, 3.8) is 0 Å². The molecule has 0 aliphatic carbocycles. The zero-order valence-corrected chi connectivity index (χ0v) is 10.5. The first-order valence-corrected chi connectivity index (χ1v) is 5.45. The number of hydrogen-bond acceptors (Lipinski definition) is 4. The summed E-state index contributed by atoms with van der Waals surface area (Å²) in [7, 11) is 2.90. The molecular formula is C12H10ClFN2O2. The Hall–Kier alpha value is -1.88. The van der Waals surface area contributed by atoms with Gasteiger partial charge in [0, 0.05) is 0 Å². The molecule has 18 heavy (non-hydrogen) atoms. The van der Waals surface area contributed by atoms with Crippen molar-refractivity contribution in [1.29, 1.82) is 0 Å². The van der Waals surface area contributed by atoms with Crippen molar-refractivity contribution in [3.8, 4) is 23.0 Å². The van der Waals surface area contributed by atoms with Gasteiger partial charge in [-0.25, -0.2) is 4.39 Å². The van der Waals surface area contributed by atoms with Gasteiger partial charge in [0.1, 0.15) is 11.0 Å². The van der Waals surface area contributed by atoms with E-state index in [4.69, 9.17) is 21.1 Å². The molecule has 0 saturated heterocycles. The third-order valence-corrected chi connectivity index (χ3v) is 2.59. The molecule has 2 rings (SSSR count). The summed E-state index contributed by atoms with van der Waals surface area (Å²) in [6.45, 7) is 0. The Morgan fingerprint density at radius 3 is 2.28 bits per heavy atom. The fourth-order valence-electron chi connectivity index (χ4n) is 1.49. The molecule has 0 fully saturated rings. The average Bonchev–Trinajstić information content (AvgIpc) is 2.39. The summed E-state index contributed by atoms with van der Waals surface area (Å²) in [6.07, 6.45) is 0. The fourth-order valence-corrected chi connectivity index (χ4v) is 1.76. The number of benzene rings is 1. The number of ether oxygens (including phenoxy) is 2. The van der Waals surface area contributed by atoms with Gasteiger partial charge in [0.2, 0.25) is 5.88 Å². The molecule has 0 saturated carbocycles. The van der Waals surface area contributed by atoms with Gasteiger partial charge in [-0.1, -0.05) is 23.7 Å². The van der Waals surface area contributed by atoms with Gasteiger partial charge in [0.25, 0.3) is 0 Å². The van der Waals surface area contributed by atoms with Crippen LogP contribution in [0.1, 0.15) is 0 Å². The fraction of sp³-hybridized carbons (Fsp3) is 0.167. The standard InChI is InChI=1S/C12H10ClFN2O2/c1-17-11-9(7-3-5-8(14)6-4-7)10(13)15-12(16-11)18-2/h3-6H,1-2H3. The van der Waals surface area contributed by atoms with Gasteiger partial charge in [-0.2, -0.15) is 9.97 Å². The van der Waals surface area contributed by atoms with E-state index in [0.29, 0.717) is 11.1 Å². The predicted octanol–water partition coefficient (Wildman–Crippen LogP) is 2.95. The van der Waals surface area contributed by atoms with Gasteiger partial charge in [-0.15, -0.1) is 0 Å². The van der Waals surface area contributed by atoms with E-state index in [1.807, 2.05) is 0 Å². The lowest BCUT2D eigenvalue weighted by Crippen LogP contribution is -1.99. The molecule has 0 amide bonds. The minimum absolute atomic E-state index is 0.114. The highest BCUT2D eigenvalue weighted by Crippen LogP contribution is 2.35. The smallest absolute Gasteiger partial charge is 0.320 e. The van der Waals surface area contributed by atoms with E-state index in [9.17, 15) is 4.39 Å². The molecule has 0 aliphatic rings. The second-order valence-electron chi connectivity index (χ2n) is 3.39. The highest BCUT2D eigenvalue weighted by molar-refractivity contribution is 6.32. The van der Waals surface area contributed by atoms with Crippen molar-refractivity contribution in [3.05, 3.63) is 35.2 Å².